The molecule has 1 aromatic rings. The Morgan fingerprint density at radius 2 is 2.07 bits per heavy atom. The fourth-order valence-corrected chi connectivity index (χ4v) is 1.64. The van der Waals surface area contributed by atoms with Gasteiger partial charge in [-0.25, -0.2) is 0 Å². The van der Waals surface area contributed by atoms with Crippen LogP contribution in [0.3, 0.4) is 0 Å². The van der Waals surface area contributed by atoms with Crippen LogP contribution >= 0.6 is 0 Å². The van der Waals surface area contributed by atoms with Crippen molar-refractivity contribution in [3.63, 3.8) is 0 Å². The number of halogens is 3. The number of hydrogen-bond acceptors (Lipinski definition) is 2. The van der Waals surface area contributed by atoms with Gasteiger partial charge in [0.1, 0.15) is 0 Å². The van der Waals surface area contributed by atoms with Crippen LogP contribution in [-0.4, -0.2) is 11.5 Å². The molecule has 1 aromatic heterocycles. The van der Waals surface area contributed by atoms with E-state index in [0.29, 0.717) is 17.7 Å². The van der Waals surface area contributed by atoms with Gasteiger partial charge in [-0.1, -0.05) is 0 Å². The number of pyridine rings is 1. The number of fused-ring (bicyclic) bond motifs is 1. The summed E-state index contributed by atoms with van der Waals surface area (Å²) in [5.74, 6) is 0. The minimum Gasteiger partial charge on any atom is -0.384 e. The molecule has 0 aliphatic carbocycles. The van der Waals surface area contributed by atoms with Crippen LogP contribution in [-0.2, 0) is 12.6 Å². The molecule has 1 aliphatic rings. The van der Waals surface area contributed by atoms with Crippen LogP contribution in [0.5, 0.6) is 0 Å². The van der Waals surface area contributed by atoms with Crippen LogP contribution in [0.1, 0.15) is 17.5 Å². The molecule has 0 fully saturated rings. The number of rotatable bonds is 0. The normalized spacial score (nSPS) is 15.9. The lowest BCUT2D eigenvalue weighted by atomic mass is 10.00. The Kier molecular flexibility index (Phi) is 2.09. The van der Waals surface area contributed by atoms with E-state index in [1.54, 1.807) is 0 Å². The third-order valence-corrected chi connectivity index (χ3v) is 2.28. The minimum atomic E-state index is -4.29. The van der Waals surface area contributed by atoms with Crippen molar-refractivity contribution in [3.8, 4) is 0 Å². The molecule has 0 aromatic carbocycles. The summed E-state index contributed by atoms with van der Waals surface area (Å²) in [5.41, 5.74) is 0.257. The summed E-state index contributed by atoms with van der Waals surface area (Å²) in [5, 5.41) is 2.91. The third-order valence-electron chi connectivity index (χ3n) is 2.28. The smallest absolute Gasteiger partial charge is 0.384 e. The second kappa shape index (κ2) is 3.15. The van der Waals surface area contributed by atoms with Crippen LogP contribution < -0.4 is 5.32 Å². The molecule has 0 radical (unpaired) electrons. The summed E-state index contributed by atoms with van der Waals surface area (Å²) in [7, 11) is 0. The summed E-state index contributed by atoms with van der Waals surface area (Å²) >= 11 is 0. The summed E-state index contributed by atoms with van der Waals surface area (Å²) < 4.78 is 37.5. The average Bonchev–Trinajstić information content (AvgIpc) is 2.15. The molecule has 0 saturated heterocycles. The number of nitrogens with one attached hydrogen (secondary N) is 1. The molecule has 76 valence electrons. The van der Waals surface area contributed by atoms with Gasteiger partial charge >= 0.3 is 6.18 Å². The van der Waals surface area contributed by atoms with E-state index in [0.717, 1.165) is 19.2 Å². The van der Waals surface area contributed by atoms with Gasteiger partial charge in [0.15, 0.2) is 0 Å². The maximum Gasteiger partial charge on any atom is 0.418 e. The molecular formula is C9H9F3N2. The lowest BCUT2D eigenvalue weighted by molar-refractivity contribution is -0.138. The number of nitrogens with zero attached hydrogens (tertiary/aromatic N) is 1. The minimum absolute atomic E-state index is 0.346. The topological polar surface area (TPSA) is 24.9 Å². The number of hydrogen-bond donors (Lipinski definition) is 1. The molecule has 5 heteroatoms. The molecule has 2 nitrogen and oxygen atoms in total. The SMILES string of the molecule is FC(F)(F)c1cncc2c1CCCN2. The van der Waals surface area contributed by atoms with Gasteiger partial charge in [0, 0.05) is 12.7 Å². The van der Waals surface area contributed by atoms with E-state index in [9.17, 15) is 13.2 Å². The van der Waals surface area contributed by atoms with Crippen LogP contribution in [0.4, 0.5) is 18.9 Å². The zero-order valence-corrected chi connectivity index (χ0v) is 7.36. The monoisotopic (exact) mass is 202 g/mol. The van der Waals surface area contributed by atoms with Crippen LogP contribution in [0.2, 0.25) is 0 Å². The van der Waals surface area contributed by atoms with Crippen molar-refractivity contribution >= 4 is 5.69 Å². The van der Waals surface area contributed by atoms with E-state index < -0.39 is 11.7 Å². The molecule has 2 rings (SSSR count). The maximum absolute atomic E-state index is 12.5. The first-order valence-corrected chi connectivity index (χ1v) is 4.37. The average molecular weight is 202 g/mol. The molecule has 2 heterocycles. The zero-order chi connectivity index (χ0) is 10.2. The lowest BCUT2D eigenvalue weighted by Gasteiger charge is -2.21. The molecule has 0 saturated carbocycles. The van der Waals surface area contributed by atoms with E-state index in [1.165, 1.54) is 6.20 Å². The Morgan fingerprint density at radius 1 is 1.29 bits per heavy atom. The highest BCUT2D eigenvalue weighted by molar-refractivity contribution is 5.54. The van der Waals surface area contributed by atoms with Gasteiger partial charge in [0.25, 0.3) is 0 Å². The largest absolute Gasteiger partial charge is 0.418 e. The Balaban J connectivity index is 2.51. The number of alkyl halides is 3. The van der Waals surface area contributed by atoms with Crippen molar-refractivity contribution in [2.75, 3.05) is 11.9 Å². The van der Waals surface area contributed by atoms with Crippen LogP contribution in [0, 0.1) is 0 Å². The van der Waals surface area contributed by atoms with Crippen LogP contribution in [0.15, 0.2) is 12.4 Å². The molecule has 0 bridgehead atoms. The van der Waals surface area contributed by atoms with Crippen molar-refractivity contribution < 1.29 is 13.2 Å². The molecule has 0 spiro atoms. The summed E-state index contributed by atoms with van der Waals surface area (Å²) in [4.78, 5) is 3.58. The lowest BCUT2D eigenvalue weighted by Crippen LogP contribution is -2.18. The summed E-state index contributed by atoms with van der Waals surface area (Å²) in [6.07, 6.45) is -0.743. The Bertz CT molecular complexity index is 346. The van der Waals surface area contributed by atoms with Crippen molar-refractivity contribution in [2.24, 2.45) is 0 Å². The molecule has 0 amide bonds. The predicted molar refractivity (Wildman–Crippen MR) is 46.0 cm³/mol. The highest BCUT2D eigenvalue weighted by atomic mass is 19.4. The zero-order valence-electron chi connectivity index (χ0n) is 7.36. The fraction of sp³-hybridized carbons (Fsp3) is 0.444. The Labute approximate surface area is 79.2 Å². The first-order valence-electron chi connectivity index (χ1n) is 4.37. The maximum atomic E-state index is 12.5. The second-order valence-corrected chi connectivity index (χ2v) is 3.24. The van der Waals surface area contributed by atoms with Crippen molar-refractivity contribution in [2.45, 2.75) is 19.0 Å². The molecule has 1 aliphatic heterocycles. The quantitative estimate of drug-likeness (QED) is 0.699. The number of aromatic nitrogens is 1. The van der Waals surface area contributed by atoms with Crippen molar-refractivity contribution in [3.05, 3.63) is 23.5 Å². The fourth-order valence-electron chi connectivity index (χ4n) is 1.64. The Hall–Kier alpha value is -1.26. The summed E-state index contributed by atoms with van der Waals surface area (Å²) in [6.45, 7) is 0.718. The van der Waals surface area contributed by atoms with E-state index >= 15 is 0 Å². The predicted octanol–water partition coefficient (Wildman–Crippen LogP) is 2.46. The van der Waals surface area contributed by atoms with Gasteiger partial charge in [-0.05, 0) is 18.4 Å². The van der Waals surface area contributed by atoms with E-state index in [4.69, 9.17) is 0 Å². The van der Waals surface area contributed by atoms with Gasteiger partial charge in [0.2, 0.25) is 0 Å². The van der Waals surface area contributed by atoms with Gasteiger partial charge in [-0.3, -0.25) is 4.98 Å². The van der Waals surface area contributed by atoms with Crippen molar-refractivity contribution in [1.29, 1.82) is 0 Å². The van der Waals surface area contributed by atoms with Gasteiger partial charge in [-0.15, -0.1) is 0 Å². The molecule has 14 heavy (non-hydrogen) atoms. The van der Waals surface area contributed by atoms with Gasteiger partial charge < -0.3 is 5.32 Å². The second-order valence-electron chi connectivity index (χ2n) is 3.24. The molecule has 1 N–H and O–H groups in total. The third kappa shape index (κ3) is 1.54. The van der Waals surface area contributed by atoms with Crippen LogP contribution in [0.25, 0.3) is 0 Å². The molecular weight excluding hydrogens is 193 g/mol. The highest BCUT2D eigenvalue weighted by Gasteiger charge is 2.35. The van der Waals surface area contributed by atoms with Gasteiger partial charge in [-0.2, -0.15) is 13.2 Å². The van der Waals surface area contributed by atoms with E-state index in [1.807, 2.05) is 0 Å². The number of anilines is 1. The van der Waals surface area contributed by atoms with E-state index in [2.05, 4.69) is 10.3 Å². The standard InChI is InChI=1S/C9H9F3N2/c10-9(11,12)7-4-13-5-8-6(7)2-1-3-14-8/h4-5,14H,1-3H2. The first kappa shape index (κ1) is 9.30. The molecule has 0 atom stereocenters. The molecule has 0 unspecified atom stereocenters. The first-order chi connectivity index (χ1) is 6.59. The van der Waals surface area contributed by atoms with E-state index in [-0.39, 0.29) is 0 Å². The Morgan fingerprint density at radius 3 is 2.79 bits per heavy atom. The highest BCUT2D eigenvalue weighted by Crippen LogP contribution is 2.36. The van der Waals surface area contributed by atoms with Gasteiger partial charge in [0.05, 0.1) is 17.4 Å². The summed E-state index contributed by atoms with van der Waals surface area (Å²) in [6, 6.07) is 0. The van der Waals surface area contributed by atoms with Crippen molar-refractivity contribution in [1.82, 2.24) is 4.98 Å².